The number of nitrogens with zero attached hydrogens (tertiary/aromatic N) is 3. The number of fused-ring (bicyclic) bond motifs is 1. The van der Waals surface area contributed by atoms with Crippen molar-refractivity contribution in [1.82, 2.24) is 9.97 Å². The Labute approximate surface area is 164 Å². The van der Waals surface area contributed by atoms with Gasteiger partial charge in [-0.3, -0.25) is 4.79 Å². The van der Waals surface area contributed by atoms with Crippen LogP contribution in [0.25, 0.3) is 0 Å². The Morgan fingerprint density at radius 3 is 2.88 bits per heavy atom. The molecule has 26 heavy (non-hydrogen) atoms. The SMILES string of the molecule is O=C1CSc2ncnc(N3CCC(O)(Cc4cccc(Br)c4)CC3)c2N1. The lowest BCUT2D eigenvalue weighted by Crippen LogP contribution is -2.46. The van der Waals surface area contributed by atoms with Crippen LogP contribution in [0.1, 0.15) is 18.4 Å². The number of thioether (sulfide) groups is 1. The molecule has 1 aromatic carbocycles. The van der Waals surface area contributed by atoms with Gasteiger partial charge in [-0.2, -0.15) is 0 Å². The Morgan fingerprint density at radius 1 is 1.31 bits per heavy atom. The predicted molar refractivity (Wildman–Crippen MR) is 106 cm³/mol. The van der Waals surface area contributed by atoms with E-state index in [0.717, 1.165) is 20.9 Å². The van der Waals surface area contributed by atoms with Crippen molar-refractivity contribution in [2.24, 2.45) is 0 Å². The lowest BCUT2D eigenvalue weighted by Gasteiger charge is -2.39. The number of carbonyl (C=O) groups is 1. The van der Waals surface area contributed by atoms with E-state index in [1.165, 1.54) is 11.8 Å². The molecule has 0 atom stereocenters. The number of halogens is 1. The molecular formula is C18H19BrN4O2S. The minimum absolute atomic E-state index is 0.0262. The summed E-state index contributed by atoms with van der Waals surface area (Å²) in [4.78, 5) is 22.5. The average Bonchev–Trinajstić information content (AvgIpc) is 2.62. The van der Waals surface area contributed by atoms with Crippen LogP contribution < -0.4 is 10.2 Å². The summed E-state index contributed by atoms with van der Waals surface area (Å²) in [6.07, 6.45) is 3.48. The third-order valence-corrected chi connectivity index (χ3v) is 6.30. The second-order valence-electron chi connectivity index (χ2n) is 6.73. The third kappa shape index (κ3) is 3.72. The van der Waals surface area contributed by atoms with Gasteiger partial charge in [0.2, 0.25) is 5.91 Å². The number of hydrogen-bond donors (Lipinski definition) is 2. The van der Waals surface area contributed by atoms with Crippen molar-refractivity contribution < 1.29 is 9.90 Å². The lowest BCUT2D eigenvalue weighted by atomic mass is 9.85. The van der Waals surface area contributed by atoms with Gasteiger partial charge in [0.15, 0.2) is 5.82 Å². The lowest BCUT2D eigenvalue weighted by molar-refractivity contribution is -0.113. The van der Waals surface area contributed by atoms with Crippen molar-refractivity contribution in [1.29, 1.82) is 0 Å². The molecule has 2 aliphatic rings. The molecule has 2 N–H and O–H groups in total. The monoisotopic (exact) mass is 434 g/mol. The Balaban J connectivity index is 1.48. The maximum Gasteiger partial charge on any atom is 0.234 e. The smallest absolute Gasteiger partial charge is 0.234 e. The molecule has 0 spiro atoms. The average molecular weight is 435 g/mol. The first-order valence-electron chi connectivity index (χ1n) is 8.52. The van der Waals surface area contributed by atoms with Gasteiger partial charge >= 0.3 is 0 Å². The molecule has 1 fully saturated rings. The molecule has 0 unspecified atom stereocenters. The molecule has 2 aromatic rings. The van der Waals surface area contributed by atoms with E-state index in [2.05, 4.69) is 42.2 Å². The van der Waals surface area contributed by atoms with Crippen molar-refractivity contribution in [3.8, 4) is 0 Å². The van der Waals surface area contributed by atoms with Crippen LogP contribution in [0.15, 0.2) is 40.1 Å². The fourth-order valence-electron chi connectivity index (χ4n) is 3.47. The fraction of sp³-hybridized carbons (Fsp3) is 0.389. The Bertz CT molecular complexity index is 840. The van der Waals surface area contributed by atoms with Crippen molar-refractivity contribution in [3.05, 3.63) is 40.6 Å². The maximum absolute atomic E-state index is 11.7. The van der Waals surface area contributed by atoms with Crippen molar-refractivity contribution >= 4 is 45.1 Å². The van der Waals surface area contributed by atoms with E-state index in [-0.39, 0.29) is 5.91 Å². The van der Waals surface area contributed by atoms with E-state index < -0.39 is 5.60 Å². The first kappa shape index (κ1) is 17.8. The number of carbonyl (C=O) groups excluding carboxylic acids is 1. The van der Waals surface area contributed by atoms with Gasteiger partial charge in [0, 0.05) is 24.0 Å². The van der Waals surface area contributed by atoms with Crippen LogP contribution >= 0.6 is 27.7 Å². The highest BCUT2D eigenvalue weighted by atomic mass is 79.9. The van der Waals surface area contributed by atoms with E-state index in [9.17, 15) is 9.90 Å². The predicted octanol–water partition coefficient (Wildman–Crippen LogP) is 2.86. The Kier molecular flexibility index (Phi) is 4.90. The number of nitrogens with one attached hydrogen (secondary N) is 1. The molecule has 2 aliphatic heterocycles. The Hall–Kier alpha value is -1.64. The number of aromatic nitrogens is 2. The van der Waals surface area contributed by atoms with Gasteiger partial charge in [0.1, 0.15) is 17.0 Å². The highest BCUT2D eigenvalue weighted by molar-refractivity contribution is 9.10. The number of hydrogen-bond acceptors (Lipinski definition) is 6. The molecule has 0 radical (unpaired) electrons. The summed E-state index contributed by atoms with van der Waals surface area (Å²) in [6, 6.07) is 8.08. The molecule has 0 aliphatic carbocycles. The number of piperidine rings is 1. The van der Waals surface area contributed by atoms with Crippen LogP contribution in [0.5, 0.6) is 0 Å². The quantitative estimate of drug-likeness (QED) is 0.723. The van der Waals surface area contributed by atoms with Crippen LogP contribution in [0.3, 0.4) is 0 Å². The number of benzene rings is 1. The van der Waals surface area contributed by atoms with Crippen molar-refractivity contribution in [3.63, 3.8) is 0 Å². The molecule has 3 heterocycles. The number of rotatable bonds is 3. The molecular weight excluding hydrogens is 416 g/mol. The number of aliphatic hydroxyl groups is 1. The molecule has 136 valence electrons. The highest BCUT2D eigenvalue weighted by Crippen LogP contribution is 2.38. The van der Waals surface area contributed by atoms with Gasteiger partial charge in [-0.15, -0.1) is 0 Å². The molecule has 1 aromatic heterocycles. The number of amides is 1. The Morgan fingerprint density at radius 2 is 2.12 bits per heavy atom. The molecule has 6 nitrogen and oxygen atoms in total. The summed E-state index contributed by atoms with van der Waals surface area (Å²) >= 11 is 4.92. The zero-order chi connectivity index (χ0) is 18.1. The maximum atomic E-state index is 11.7. The van der Waals surface area contributed by atoms with Crippen LogP contribution in [0, 0.1) is 0 Å². The summed E-state index contributed by atoms with van der Waals surface area (Å²) in [5.74, 6) is 1.11. The molecule has 0 saturated carbocycles. The summed E-state index contributed by atoms with van der Waals surface area (Å²) in [5, 5.41) is 14.7. The largest absolute Gasteiger partial charge is 0.389 e. The summed E-state index contributed by atoms with van der Waals surface area (Å²) in [6.45, 7) is 1.38. The van der Waals surface area contributed by atoms with Crippen LogP contribution in [0.4, 0.5) is 11.5 Å². The zero-order valence-corrected chi connectivity index (χ0v) is 16.5. The van der Waals surface area contributed by atoms with Gasteiger partial charge in [-0.1, -0.05) is 39.8 Å². The van der Waals surface area contributed by atoms with Crippen molar-refractivity contribution in [2.75, 3.05) is 29.1 Å². The molecule has 8 heteroatoms. The molecule has 1 saturated heterocycles. The van der Waals surface area contributed by atoms with E-state index in [1.54, 1.807) is 6.33 Å². The minimum atomic E-state index is -0.720. The van der Waals surface area contributed by atoms with Crippen LogP contribution in [-0.4, -0.2) is 45.4 Å². The van der Waals surface area contributed by atoms with E-state index >= 15 is 0 Å². The van der Waals surface area contributed by atoms with E-state index in [1.807, 2.05) is 18.2 Å². The van der Waals surface area contributed by atoms with Gasteiger partial charge in [-0.05, 0) is 30.5 Å². The first-order valence-corrected chi connectivity index (χ1v) is 10.3. The normalized spacial score (nSPS) is 19.0. The van der Waals surface area contributed by atoms with E-state index in [0.29, 0.717) is 43.8 Å². The van der Waals surface area contributed by atoms with Gasteiger partial charge < -0.3 is 15.3 Å². The van der Waals surface area contributed by atoms with Crippen LogP contribution in [-0.2, 0) is 11.2 Å². The highest BCUT2D eigenvalue weighted by Gasteiger charge is 2.34. The standard InChI is InChI=1S/C18H19BrN4O2S/c19-13-3-1-2-12(8-13)9-18(25)4-6-23(7-5-18)16-15-17(21-11-20-16)26-10-14(24)22-15/h1-3,8,11,25H,4-7,9-10H2,(H,22,24). The zero-order valence-electron chi connectivity index (χ0n) is 14.1. The summed E-state index contributed by atoms with van der Waals surface area (Å²) < 4.78 is 1.02. The first-order chi connectivity index (χ1) is 12.5. The fourth-order valence-corrected chi connectivity index (χ4v) is 4.66. The second-order valence-corrected chi connectivity index (χ2v) is 8.61. The third-order valence-electron chi connectivity index (χ3n) is 4.81. The molecule has 4 rings (SSSR count). The topological polar surface area (TPSA) is 78.4 Å². The summed E-state index contributed by atoms with van der Waals surface area (Å²) in [7, 11) is 0. The molecule has 0 bridgehead atoms. The van der Waals surface area contributed by atoms with Crippen LogP contribution in [0.2, 0.25) is 0 Å². The van der Waals surface area contributed by atoms with Gasteiger partial charge in [0.05, 0.1) is 11.4 Å². The van der Waals surface area contributed by atoms with Crippen molar-refractivity contribution in [2.45, 2.75) is 29.9 Å². The van der Waals surface area contributed by atoms with Gasteiger partial charge in [0.25, 0.3) is 0 Å². The number of anilines is 2. The summed E-state index contributed by atoms with van der Waals surface area (Å²) in [5.41, 5.74) is 1.10. The minimum Gasteiger partial charge on any atom is -0.389 e. The molecule has 1 amide bonds. The van der Waals surface area contributed by atoms with Gasteiger partial charge in [-0.25, -0.2) is 9.97 Å². The van der Waals surface area contributed by atoms with E-state index in [4.69, 9.17) is 0 Å². The second kappa shape index (κ2) is 7.17.